The minimum absolute atomic E-state index is 0.108. The van der Waals surface area contributed by atoms with Crippen LogP contribution in [0.3, 0.4) is 0 Å². The van der Waals surface area contributed by atoms with Crippen molar-refractivity contribution in [3.8, 4) is 33.4 Å². The van der Waals surface area contributed by atoms with Crippen LogP contribution in [0.5, 0.6) is 0 Å². The van der Waals surface area contributed by atoms with Crippen molar-refractivity contribution in [3.05, 3.63) is 174 Å². The van der Waals surface area contributed by atoms with Crippen molar-refractivity contribution in [1.82, 2.24) is 0 Å². The van der Waals surface area contributed by atoms with Crippen LogP contribution in [-0.2, 0) is 5.41 Å². The predicted octanol–water partition coefficient (Wildman–Crippen LogP) is -1.73. The second-order valence-electron chi connectivity index (χ2n) is 18.2. The van der Waals surface area contributed by atoms with E-state index in [9.17, 15) is 0 Å². The van der Waals surface area contributed by atoms with Crippen LogP contribution < -0.4 is 81.4 Å². The van der Waals surface area contributed by atoms with E-state index in [-0.39, 0.29) is 76.5 Å². The van der Waals surface area contributed by atoms with Gasteiger partial charge in [-0.1, -0.05) is 165 Å². The molecule has 1 nitrogen and oxygen atoms in total. The van der Waals surface area contributed by atoms with Crippen LogP contribution in [0.4, 0.5) is 17.1 Å². The summed E-state index contributed by atoms with van der Waals surface area (Å²) in [6.07, 6.45) is 0. The van der Waals surface area contributed by atoms with Crippen molar-refractivity contribution < 1.29 is 0 Å². The van der Waals surface area contributed by atoms with Crippen LogP contribution in [0.25, 0.3) is 54.9 Å². The monoisotopic (exact) mass is 877 g/mol. The van der Waals surface area contributed by atoms with Crippen molar-refractivity contribution in [3.63, 3.8) is 0 Å². The van der Waals surface area contributed by atoms with Crippen LogP contribution in [0.15, 0.2) is 152 Å². The molecule has 0 unspecified atom stereocenters. The van der Waals surface area contributed by atoms with Crippen LogP contribution in [-0.4, -0.2) is 110 Å². The molecule has 1 aliphatic rings. The fourth-order valence-corrected chi connectivity index (χ4v) is 11.1. The third kappa shape index (κ3) is 6.82. The first-order chi connectivity index (χ1) is 34.6. The Morgan fingerprint density at radius 1 is 0.264 bits per heavy atom. The smallest absolute Gasteiger partial charge is 0.113 e. The molecule has 10 aromatic rings. The zero-order valence-corrected chi connectivity index (χ0v) is 39.0. The first-order valence-corrected chi connectivity index (χ1v) is 23.0. The summed E-state index contributed by atoms with van der Waals surface area (Å²) in [5.41, 5.74) is 13.0. The number of hydrogen-bond donors (Lipinski definition) is 0. The van der Waals surface area contributed by atoms with Crippen LogP contribution in [0, 0.1) is 0 Å². The highest BCUT2D eigenvalue weighted by atomic mass is 15.1. The predicted molar refractivity (Wildman–Crippen MR) is 320 cm³/mol. The molecule has 0 fully saturated rings. The van der Waals surface area contributed by atoms with Gasteiger partial charge in [0, 0.05) is 16.9 Å². The van der Waals surface area contributed by atoms with Crippen LogP contribution in [0.2, 0.25) is 0 Å². The molecule has 0 saturated heterocycles. The molecule has 0 bridgehead atoms. The van der Waals surface area contributed by atoms with Crippen molar-refractivity contribution in [2.75, 3.05) is 4.90 Å². The fraction of sp³-hybridized carbons (Fsp3) is 0.0175. The lowest BCUT2D eigenvalue weighted by molar-refractivity contribution is 0.768. The first-order valence-electron chi connectivity index (χ1n) is 23.0. The van der Waals surface area contributed by atoms with E-state index < -0.39 is 5.41 Å². The molecule has 11 rings (SSSR count). The second-order valence-corrected chi connectivity index (χ2v) is 18.2. The number of fused-ring (bicyclic) bond motifs is 5. The fourth-order valence-electron chi connectivity index (χ4n) is 11.1. The Balaban J connectivity index is 1.17. The Morgan fingerprint density at radius 3 is 1.03 bits per heavy atom. The van der Waals surface area contributed by atoms with Crippen LogP contribution in [0.1, 0.15) is 22.3 Å². The van der Waals surface area contributed by atoms with Crippen molar-refractivity contribution in [2.45, 2.75) is 5.41 Å². The largest absolute Gasteiger partial charge is 0.310 e. The Hall–Kier alpha value is -6.57. The third-order valence-corrected chi connectivity index (χ3v) is 14.6. The zero-order valence-electron chi connectivity index (χ0n) is 39.0. The minimum atomic E-state index is -0.675. The van der Waals surface area contributed by atoms with E-state index in [2.05, 4.69) is 95.9 Å². The average Bonchev–Trinajstić information content (AvgIpc) is 3.72. The maximum atomic E-state index is 6.82. The molecule has 0 spiro atoms. The number of anilines is 3. The maximum absolute atomic E-state index is 6.82. The summed E-state index contributed by atoms with van der Waals surface area (Å²) in [6, 6.07) is 52.1. The van der Waals surface area contributed by atoms with Crippen molar-refractivity contribution in [2.24, 2.45) is 0 Å². The van der Waals surface area contributed by atoms with E-state index in [1.807, 2.05) is 60.7 Å². The molecule has 15 heteroatoms. The van der Waals surface area contributed by atoms with Gasteiger partial charge in [-0.2, -0.15) is 0 Å². The lowest BCUT2D eigenvalue weighted by Gasteiger charge is -2.34. The number of benzene rings is 10. The van der Waals surface area contributed by atoms with E-state index in [0.717, 1.165) is 50.4 Å². The highest BCUT2D eigenvalue weighted by molar-refractivity contribution is 6.73. The van der Waals surface area contributed by atoms with Crippen molar-refractivity contribution in [1.29, 1.82) is 0 Å². The van der Waals surface area contributed by atoms with Gasteiger partial charge in [0.05, 0.1) is 11.1 Å². The van der Waals surface area contributed by atoms with Gasteiger partial charge in [0.2, 0.25) is 0 Å². The Bertz CT molecular complexity index is 3680. The molecular weight excluding hydrogens is 850 g/mol. The van der Waals surface area contributed by atoms with E-state index in [1.165, 1.54) is 0 Å². The van der Waals surface area contributed by atoms with Gasteiger partial charge in [0.25, 0.3) is 0 Å². The lowest BCUT2D eigenvalue weighted by atomic mass is 9.59. The zero-order chi connectivity index (χ0) is 50.7. The molecular formula is C57H25B14N. The SMILES string of the molecule is [B]c1c([B])c([B])c2c(-c3ccc(N(c4ccc(-c5c([B])c([B])c([B])c6c([B])c([B])c([B])c([B])c56)cc4)c4cccc5c4-c4ccccc4C5(c4ccccc4)c4ccccc4)cc3)c([B])c([B])c([B])c2c1[B]. The molecule has 0 heterocycles. The summed E-state index contributed by atoms with van der Waals surface area (Å²) in [4.78, 5) is 2.21. The van der Waals surface area contributed by atoms with Gasteiger partial charge in [-0.15, -0.1) is 32.8 Å². The first kappa shape index (κ1) is 47.7. The Kier molecular flexibility index (Phi) is 11.9. The van der Waals surface area contributed by atoms with Gasteiger partial charge in [-0.3, -0.25) is 0 Å². The molecule has 0 aromatic heterocycles. The van der Waals surface area contributed by atoms with Gasteiger partial charge < -0.3 is 4.90 Å². The third-order valence-electron chi connectivity index (χ3n) is 14.6. The van der Waals surface area contributed by atoms with Gasteiger partial charge in [0.1, 0.15) is 110 Å². The van der Waals surface area contributed by atoms with Gasteiger partial charge in [-0.05, 0) is 102 Å². The standard InChI is InChI=1S/C57H25B14N/c58-43-36(39-41(47(62)51(43)66)49(64)55(70)53(68)45(39)60)26-18-22-30(23-19-26)72(31-24-20-27(21-25-31)37-40-42(48(63)52(67)44(37)59)50(65)56(71)54(69)46(40)61)35-17-9-16-34-38(35)32-14-7-8-15-33(32)57(34,28-10-3-1-4-11-28)29-12-5-2-6-13-29/h1-25H. The summed E-state index contributed by atoms with van der Waals surface area (Å²) in [7, 11) is 92.0. The van der Waals surface area contributed by atoms with E-state index >= 15 is 0 Å². The summed E-state index contributed by atoms with van der Waals surface area (Å²) >= 11 is 0. The summed E-state index contributed by atoms with van der Waals surface area (Å²) in [5, 5.41) is 1.64. The maximum Gasteiger partial charge on any atom is 0.113 e. The van der Waals surface area contributed by atoms with Gasteiger partial charge in [-0.25, -0.2) is 0 Å². The topological polar surface area (TPSA) is 3.24 Å². The van der Waals surface area contributed by atoms with E-state index in [0.29, 0.717) is 43.8 Å². The minimum Gasteiger partial charge on any atom is -0.310 e. The molecule has 72 heavy (non-hydrogen) atoms. The second kappa shape index (κ2) is 17.9. The summed E-state index contributed by atoms with van der Waals surface area (Å²) in [5.74, 6) is 0. The van der Waals surface area contributed by atoms with E-state index in [1.54, 1.807) is 0 Å². The molecule has 0 saturated carbocycles. The van der Waals surface area contributed by atoms with E-state index in [4.69, 9.17) is 110 Å². The number of nitrogens with zero attached hydrogens (tertiary/aromatic N) is 1. The lowest BCUT2D eigenvalue weighted by Crippen LogP contribution is -2.52. The average molecular weight is 875 g/mol. The molecule has 1 aliphatic carbocycles. The number of rotatable bonds is 7. The quantitative estimate of drug-likeness (QED) is 0.173. The molecule has 0 amide bonds. The Morgan fingerprint density at radius 2 is 0.611 bits per heavy atom. The Labute approximate surface area is 439 Å². The molecule has 28 radical (unpaired) electrons. The van der Waals surface area contributed by atoms with Gasteiger partial charge >= 0.3 is 0 Å². The highest BCUT2D eigenvalue weighted by Crippen LogP contribution is 2.59. The molecule has 0 N–H and O–H groups in total. The highest BCUT2D eigenvalue weighted by Gasteiger charge is 2.47. The number of hydrogen-bond acceptors (Lipinski definition) is 1. The molecule has 0 aliphatic heterocycles. The summed E-state index contributed by atoms with van der Waals surface area (Å²) < 4.78 is 0. The normalized spacial score (nSPS) is 12.5. The molecule has 0 atom stereocenters. The van der Waals surface area contributed by atoms with Gasteiger partial charge in [0.15, 0.2) is 0 Å². The van der Waals surface area contributed by atoms with Crippen molar-refractivity contribution >= 4 is 225 Å². The molecule has 10 aromatic carbocycles. The molecule has 300 valence electrons. The summed E-state index contributed by atoms with van der Waals surface area (Å²) in [6.45, 7) is 0. The van der Waals surface area contributed by atoms with Crippen LogP contribution >= 0.6 is 0 Å².